The van der Waals surface area contributed by atoms with Crippen LogP contribution in [0.3, 0.4) is 0 Å². The lowest BCUT2D eigenvalue weighted by Gasteiger charge is -2.27. The molecular formula is C22H23N4O2. The molecule has 28 heavy (non-hydrogen) atoms. The van der Waals surface area contributed by atoms with Crippen LogP contribution in [0.4, 0.5) is 5.88 Å². The van der Waals surface area contributed by atoms with Crippen LogP contribution in [0.2, 0.25) is 0 Å². The maximum Gasteiger partial charge on any atom is 0.253 e. The predicted octanol–water partition coefficient (Wildman–Crippen LogP) is 3.21. The van der Waals surface area contributed by atoms with E-state index in [9.17, 15) is 0 Å². The number of morpholine rings is 1. The Balaban J connectivity index is 1.38. The minimum Gasteiger partial charge on any atom is -0.378 e. The van der Waals surface area contributed by atoms with Gasteiger partial charge in [-0.25, -0.2) is 0 Å². The lowest BCUT2D eigenvalue weighted by Crippen LogP contribution is -2.44. The number of benzene rings is 2. The van der Waals surface area contributed by atoms with Gasteiger partial charge in [0.05, 0.1) is 18.9 Å². The van der Waals surface area contributed by atoms with Crippen molar-refractivity contribution in [2.45, 2.75) is 12.8 Å². The van der Waals surface area contributed by atoms with E-state index in [-0.39, 0.29) is 0 Å². The molecule has 0 bridgehead atoms. The van der Waals surface area contributed by atoms with Gasteiger partial charge in [0.25, 0.3) is 5.88 Å². The first-order valence-corrected chi connectivity index (χ1v) is 9.46. The predicted molar refractivity (Wildman–Crippen MR) is 108 cm³/mol. The van der Waals surface area contributed by atoms with Crippen molar-refractivity contribution in [1.29, 1.82) is 0 Å². The van der Waals surface area contributed by atoms with Crippen LogP contribution in [0.15, 0.2) is 64.1 Å². The molecule has 1 fully saturated rings. The van der Waals surface area contributed by atoms with Crippen LogP contribution in [0.1, 0.15) is 11.3 Å². The molecule has 1 saturated heterocycles. The largest absolute Gasteiger partial charge is 0.378 e. The smallest absolute Gasteiger partial charge is 0.253 e. The van der Waals surface area contributed by atoms with Crippen molar-refractivity contribution in [2.24, 2.45) is 10.7 Å². The quantitative estimate of drug-likeness (QED) is 0.547. The molecule has 143 valence electrons. The van der Waals surface area contributed by atoms with Crippen LogP contribution in [0.25, 0.3) is 11.1 Å². The first-order chi connectivity index (χ1) is 13.8. The summed E-state index contributed by atoms with van der Waals surface area (Å²) in [5.74, 6) is 0.879. The van der Waals surface area contributed by atoms with Crippen LogP contribution in [0.5, 0.6) is 0 Å². The number of aromatic nitrogens is 1. The van der Waals surface area contributed by atoms with E-state index in [1.54, 1.807) is 0 Å². The molecule has 3 aromatic rings. The van der Waals surface area contributed by atoms with Gasteiger partial charge in [-0.2, -0.15) is 4.99 Å². The molecular weight excluding hydrogens is 352 g/mol. The van der Waals surface area contributed by atoms with Crippen LogP contribution >= 0.6 is 0 Å². The van der Waals surface area contributed by atoms with Gasteiger partial charge in [-0.3, -0.25) is 0 Å². The number of ether oxygens (including phenoxy) is 1. The Bertz CT molecular complexity index is 930. The Hall–Kier alpha value is -3.12. The zero-order valence-corrected chi connectivity index (χ0v) is 15.7. The molecule has 1 aliphatic rings. The van der Waals surface area contributed by atoms with E-state index in [1.165, 1.54) is 11.1 Å². The fraction of sp³-hybridized carbons (Fsp3) is 0.273. The number of rotatable bonds is 5. The Labute approximate surface area is 164 Å². The van der Waals surface area contributed by atoms with Crippen molar-refractivity contribution in [3.8, 4) is 11.1 Å². The fourth-order valence-corrected chi connectivity index (χ4v) is 3.19. The van der Waals surface area contributed by atoms with Crippen molar-refractivity contribution in [3.05, 3.63) is 71.9 Å². The number of nitrogens with zero attached hydrogens (tertiary/aromatic N) is 3. The number of nitrogens with two attached hydrogens (primary N) is 1. The minimum atomic E-state index is 0.437. The Morgan fingerprint density at radius 2 is 2.00 bits per heavy atom. The third-order valence-electron chi connectivity index (χ3n) is 4.72. The molecule has 0 unspecified atom stereocenters. The lowest BCUT2D eigenvalue weighted by molar-refractivity contribution is 0.0675. The summed E-state index contributed by atoms with van der Waals surface area (Å²) in [5.41, 5.74) is 10.4. The third-order valence-corrected chi connectivity index (χ3v) is 4.72. The molecule has 0 amide bonds. The number of hydrogen-bond donors (Lipinski definition) is 1. The first-order valence-electron chi connectivity index (χ1n) is 9.46. The Kier molecular flexibility index (Phi) is 5.68. The van der Waals surface area contributed by atoms with E-state index in [1.807, 2.05) is 29.2 Å². The fourth-order valence-electron chi connectivity index (χ4n) is 3.19. The molecule has 2 aromatic carbocycles. The summed E-state index contributed by atoms with van der Waals surface area (Å²) in [7, 11) is 0. The standard InChI is InChI=1S/C22H23N4O2/c23-22(26-11-13-27-14-12-26)24-21-16-20(25-28-21)10-9-17-5-4-8-19(15-17)18-6-2-1-3-7-18/h1-6,8,15-16H,9-14H2,(H2,23,24). The Morgan fingerprint density at radius 1 is 1.11 bits per heavy atom. The van der Waals surface area contributed by atoms with E-state index in [0.717, 1.165) is 37.2 Å². The average Bonchev–Trinajstić information content (AvgIpc) is 3.21. The summed E-state index contributed by atoms with van der Waals surface area (Å²) >= 11 is 0. The highest BCUT2D eigenvalue weighted by atomic mass is 16.5. The van der Waals surface area contributed by atoms with Gasteiger partial charge in [-0.05, 0) is 35.6 Å². The van der Waals surface area contributed by atoms with Gasteiger partial charge >= 0.3 is 0 Å². The molecule has 0 spiro atoms. The molecule has 1 aliphatic heterocycles. The van der Waals surface area contributed by atoms with E-state index >= 15 is 0 Å². The van der Waals surface area contributed by atoms with E-state index in [0.29, 0.717) is 25.1 Å². The second-order valence-corrected chi connectivity index (χ2v) is 6.70. The Morgan fingerprint density at radius 3 is 2.82 bits per heavy atom. The zero-order chi connectivity index (χ0) is 19.2. The monoisotopic (exact) mass is 375 g/mol. The molecule has 0 atom stereocenters. The number of aliphatic imine (C=N–C) groups is 1. The molecule has 0 saturated carbocycles. The SMILES string of the molecule is NC(=Nc1cc(CCc2cccc(-c3[c]cccc3)c2)no1)N1CCOCC1. The van der Waals surface area contributed by atoms with E-state index < -0.39 is 0 Å². The van der Waals surface area contributed by atoms with Crippen molar-refractivity contribution >= 4 is 11.8 Å². The highest BCUT2D eigenvalue weighted by Crippen LogP contribution is 2.21. The molecule has 6 nitrogen and oxygen atoms in total. The van der Waals surface area contributed by atoms with Crippen LogP contribution < -0.4 is 5.73 Å². The molecule has 1 aromatic heterocycles. The summed E-state index contributed by atoms with van der Waals surface area (Å²) in [4.78, 5) is 6.33. The van der Waals surface area contributed by atoms with Gasteiger partial charge < -0.3 is 19.9 Å². The maximum absolute atomic E-state index is 6.06. The van der Waals surface area contributed by atoms with Gasteiger partial charge in [-0.1, -0.05) is 53.7 Å². The molecule has 0 aliphatic carbocycles. The maximum atomic E-state index is 6.06. The zero-order valence-electron chi connectivity index (χ0n) is 15.7. The highest BCUT2D eigenvalue weighted by molar-refractivity contribution is 5.80. The van der Waals surface area contributed by atoms with Crippen molar-refractivity contribution in [2.75, 3.05) is 26.3 Å². The topological polar surface area (TPSA) is 76.9 Å². The summed E-state index contributed by atoms with van der Waals surface area (Å²) in [5, 5.41) is 4.12. The second-order valence-electron chi connectivity index (χ2n) is 6.70. The summed E-state index contributed by atoms with van der Waals surface area (Å²) in [6, 6.07) is 21.6. The molecule has 1 radical (unpaired) electrons. The highest BCUT2D eigenvalue weighted by Gasteiger charge is 2.13. The number of hydrogen-bond acceptors (Lipinski definition) is 4. The molecule has 6 heteroatoms. The summed E-state index contributed by atoms with van der Waals surface area (Å²) in [6.07, 6.45) is 1.65. The summed E-state index contributed by atoms with van der Waals surface area (Å²) in [6.45, 7) is 2.81. The van der Waals surface area contributed by atoms with Crippen LogP contribution in [-0.2, 0) is 17.6 Å². The van der Waals surface area contributed by atoms with Gasteiger partial charge in [0.2, 0.25) is 0 Å². The van der Waals surface area contributed by atoms with Crippen LogP contribution in [-0.4, -0.2) is 42.3 Å². The number of guanidine groups is 1. The van der Waals surface area contributed by atoms with Gasteiger partial charge in [-0.15, -0.1) is 0 Å². The van der Waals surface area contributed by atoms with Crippen LogP contribution in [0, 0.1) is 6.07 Å². The number of aryl methyl sites for hydroxylation is 2. The average molecular weight is 375 g/mol. The first kappa shape index (κ1) is 18.3. The lowest BCUT2D eigenvalue weighted by atomic mass is 10.0. The van der Waals surface area contributed by atoms with E-state index in [4.69, 9.17) is 15.0 Å². The van der Waals surface area contributed by atoms with E-state index in [2.05, 4.69) is 46.5 Å². The minimum absolute atomic E-state index is 0.437. The van der Waals surface area contributed by atoms with Crippen molar-refractivity contribution < 1.29 is 9.26 Å². The van der Waals surface area contributed by atoms with Gasteiger partial charge in [0.1, 0.15) is 0 Å². The normalized spacial score (nSPS) is 15.0. The van der Waals surface area contributed by atoms with Gasteiger partial charge in [0.15, 0.2) is 5.96 Å². The molecule has 2 heterocycles. The van der Waals surface area contributed by atoms with Gasteiger partial charge in [0, 0.05) is 19.2 Å². The third kappa shape index (κ3) is 4.58. The van der Waals surface area contributed by atoms with Crippen molar-refractivity contribution in [3.63, 3.8) is 0 Å². The second kappa shape index (κ2) is 8.71. The molecule has 4 rings (SSSR count). The summed E-state index contributed by atoms with van der Waals surface area (Å²) < 4.78 is 10.7. The molecule has 2 N–H and O–H groups in total. The van der Waals surface area contributed by atoms with Crippen molar-refractivity contribution in [1.82, 2.24) is 10.1 Å².